The third kappa shape index (κ3) is 3.22. The maximum absolute atomic E-state index is 5.73. The Kier molecular flexibility index (Phi) is 4.58. The molecule has 5 nitrogen and oxygen atoms in total. The van der Waals surface area contributed by atoms with E-state index in [9.17, 15) is 0 Å². The largest absolute Gasteiger partial charge is 0.407 e. The number of hydrogen-bond donors (Lipinski definition) is 1. The van der Waals surface area contributed by atoms with E-state index in [1.165, 1.54) is 12.8 Å². The molecule has 102 valence electrons. The molecule has 2 atom stereocenters. The normalized spacial score (nSPS) is 24.5. The summed E-state index contributed by atoms with van der Waals surface area (Å²) in [6.07, 6.45) is 3.60. The number of anilines is 1. The van der Waals surface area contributed by atoms with Crippen molar-refractivity contribution in [2.24, 2.45) is 5.92 Å². The second kappa shape index (κ2) is 6.18. The van der Waals surface area contributed by atoms with Crippen LogP contribution in [0.15, 0.2) is 4.42 Å². The quantitative estimate of drug-likeness (QED) is 0.814. The van der Waals surface area contributed by atoms with Gasteiger partial charge < -0.3 is 14.6 Å². The molecule has 0 bridgehead atoms. The first-order valence-electron chi connectivity index (χ1n) is 7.00. The van der Waals surface area contributed by atoms with Gasteiger partial charge in [0, 0.05) is 12.6 Å². The van der Waals surface area contributed by atoms with E-state index in [1.807, 2.05) is 0 Å². The standard InChI is InChI=1S/C13H24N4O/c1-4-7-14-8-12-15-16-13(18-12)17-9-10(2)5-6-11(17)3/h10-11,14H,4-9H2,1-3H3. The Morgan fingerprint density at radius 1 is 1.33 bits per heavy atom. The van der Waals surface area contributed by atoms with Crippen LogP contribution < -0.4 is 10.2 Å². The van der Waals surface area contributed by atoms with Gasteiger partial charge in [-0.05, 0) is 38.6 Å². The summed E-state index contributed by atoms with van der Waals surface area (Å²) in [6.45, 7) is 9.31. The lowest BCUT2D eigenvalue weighted by molar-refractivity contribution is 0.359. The maximum Gasteiger partial charge on any atom is 0.318 e. The van der Waals surface area contributed by atoms with Crippen molar-refractivity contribution in [3.63, 3.8) is 0 Å². The van der Waals surface area contributed by atoms with Gasteiger partial charge in [-0.1, -0.05) is 18.9 Å². The number of hydrogen-bond acceptors (Lipinski definition) is 5. The molecule has 5 heteroatoms. The van der Waals surface area contributed by atoms with E-state index in [1.54, 1.807) is 0 Å². The molecular formula is C13H24N4O. The van der Waals surface area contributed by atoms with Crippen LogP contribution in [0.3, 0.4) is 0 Å². The molecule has 0 aromatic carbocycles. The van der Waals surface area contributed by atoms with Gasteiger partial charge >= 0.3 is 6.01 Å². The van der Waals surface area contributed by atoms with Gasteiger partial charge in [-0.15, -0.1) is 5.10 Å². The van der Waals surface area contributed by atoms with Crippen LogP contribution >= 0.6 is 0 Å². The van der Waals surface area contributed by atoms with Crippen LogP contribution in [0, 0.1) is 5.92 Å². The molecular weight excluding hydrogens is 228 g/mol. The lowest BCUT2D eigenvalue weighted by Crippen LogP contribution is -2.41. The van der Waals surface area contributed by atoms with E-state index in [4.69, 9.17) is 4.42 Å². The lowest BCUT2D eigenvalue weighted by Gasteiger charge is -2.35. The van der Waals surface area contributed by atoms with Gasteiger partial charge in [-0.2, -0.15) is 0 Å². The van der Waals surface area contributed by atoms with E-state index in [2.05, 4.69) is 41.2 Å². The van der Waals surface area contributed by atoms with Gasteiger partial charge in [0.25, 0.3) is 0 Å². The van der Waals surface area contributed by atoms with Gasteiger partial charge in [0.15, 0.2) is 0 Å². The summed E-state index contributed by atoms with van der Waals surface area (Å²) in [6, 6.07) is 1.18. The van der Waals surface area contributed by atoms with Crippen LogP contribution in [0.4, 0.5) is 6.01 Å². The Hall–Kier alpha value is -1.10. The van der Waals surface area contributed by atoms with Gasteiger partial charge in [0.1, 0.15) is 0 Å². The average Bonchev–Trinajstić information content (AvgIpc) is 2.81. The molecule has 1 aliphatic rings. The van der Waals surface area contributed by atoms with Crippen LogP contribution in [-0.4, -0.2) is 29.3 Å². The van der Waals surface area contributed by atoms with E-state index >= 15 is 0 Å². The lowest BCUT2D eigenvalue weighted by atomic mass is 9.96. The van der Waals surface area contributed by atoms with Crippen LogP contribution in [0.25, 0.3) is 0 Å². The molecule has 2 rings (SSSR count). The zero-order valence-corrected chi connectivity index (χ0v) is 11.6. The highest BCUT2D eigenvalue weighted by Gasteiger charge is 2.26. The minimum Gasteiger partial charge on any atom is -0.407 e. The summed E-state index contributed by atoms with van der Waals surface area (Å²) in [5, 5.41) is 11.5. The van der Waals surface area contributed by atoms with Crippen molar-refractivity contribution in [1.29, 1.82) is 0 Å². The topological polar surface area (TPSA) is 54.2 Å². The van der Waals surface area contributed by atoms with E-state index in [0.29, 0.717) is 30.4 Å². The van der Waals surface area contributed by atoms with Crippen molar-refractivity contribution in [1.82, 2.24) is 15.5 Å². The minimum absolute atomic E-state index is 0.498. The summed E-state index contributed by atoms with van der Waals surface area (Å²) in [7, 11) is 0. The zero-order chi connectivity index (χ0) is 13.0. The fourth-order valence-electron chi connectivity index (χ4n) is 2.36. The Bertz CT molecular complexity index is 366. The van der Waals surface area contributed by atoms with Crippen molar-refractivity contribution >= 4 is 6.01 Å². The molecule has 1 aliphatic heterocycles. The van der Waals surface area contributed by atoms with Crippen molar-refractivity contribution in [3.05, 3.63) is 5.89 Å². The molecule has 0 saturated carbocycles. The summed E-state index contributed by atoms with van der Waals surface area (Å²) in [5.74, 6) is 1.39. The summed E-state index contributed by atoms with van der Waals surface area (Å²) >= 11 is 0. The fourth-order valence-corrected chi connectivity index (χ4v) is 2.36. The molecule has 18 heavy (non-hydrogen) atoms. The summed E-state index contributed by atoms with van der Waals surface area (Å²) < 4.78 is 5.73. The molecule has 1 N–H and O–H groups in total. The number of nitrogens with zero attached hydrogens (tertiary/aromatic N) is 3. The van der Waals surface area contributed by atoms with Crippen molar-refractivity contribution in [2.75, 3.05) is 18.0 Å². The second-order valence-electron chi connectivity index (χ2n) is 5.34. The van der Waals surface area contributed by atoms with Crippen LogP contribution in [-0.2, 0) is 6.54 Å². The zero-order valence-electron chi connectivity index (χ0n) is 11.6. The molecule has 2 heterocycles. The average molecular weight is 252 g/mol. The van der Waals surface area contributed by atoms with E-state index < -0.39 is 0 Å². The number of rotatable bonds is 5. The van der Waals surface area contributed by atoms with Gasteiger partial charge in [-0.3, -0.25) is 0 Å². The fraction of sp³-hybridized carbons (Fsp3) is 0.846. The Balaban J connectivity index is 1.95. The van der Waals surface area contributed by atoms with Crippen LogP contribution in [0.2, 0.25) is 0 Å². The predicted octanol–water partition coefficient (Wildman–Crippen LogP) is 2.19. The maximum atomic E-state index is 5.73. The number of nitrogens with one attached hydrogen (secondary N) is 1. The third-order valence-corrected chi connectivity index (χ3v) is 3.52. The van der Waals surface area contributed by atoms with Gasteiger partial charge in [0.2, 0.25) is 5.89 Å². The van der Waals surface area contributed by atoms with E-state index in [0.717, 1.165) is 19.5 Å². The van der Waals surface area contributed by atoms with Gasteiger partial charge in [-0.25, -0.2) is 0 Å². The molecule has 1 aromatic heterocycles. The molecule has 0 aliphatic carbocycles. The molecule has 0 radical (unpaired) electrons. The van der Waals surface area contributed by atoms with Crippen molar-refractivity contribution < 1.29 is 4.42 Å². The first-order chi connectivity index (χ1) is 8.70. The Labute approximate surface area is 109 Å². The monoisotopic (exact) mass is 252 g/mol. The molecule has 1 aromatic rings. The molecule has 1 saturated heterocycles. The number of aromatic nitrogens is 2. The SMILES string of the molecule is CCCNCc1nnc(N2CC(C)CCC2C)o1. The smallest absolute Gasteiger partial charge is 0.318 e. The molecule has 0 spiro atoms. The highest BCUT2D eigenvalue weighted by Crippen LogP contribution is 2.26. The number of piperidine rings is 1. The molecule has 2 unspecified atom stereocenters. The van der Waals surface area contributed by atoms with Gasteiger partial charge in [0.05, 0.1) is 6.54 Å². The Morgan fingerprint density at radius 2 is 2.17 bits per heavy atom. The van der Waals surface area contributed by atoms with Crippen LogP contribution in [0.1, 0.15) is 45.9 Å². The molecule has 1 fully saturated rings. The minimum atomic E-state index is 0.498. The summed E-state index contributed by atoms with van der Waals surface area (Å²) in [4.78, 5) is 2.24. The highest BCUT2D eigenvalue weighted by molar-refractivity contribution is 5.27. The van der Waals surface area contributed by atoms with Crippen LogP contribution in [0.5, 0.6) is 0 Å². The predicted molar refractivity (Wildman–Crippen MR) is 71.5 cm³/mol. The highest BCUT2D eigenvalue weighted by atomic mass is 16.4. The van der Waals surface area contributed by atoms with Crippen molar-refractivity contribution in [3.8, 4) is 0 Å². The van der Waals surface area contributed by atoms with E-state index in [-0.39, 0.29) is 0 Å². The Morgan fingerprint density at radius 3 is 2.94 bits per heavy atom. The third-order valence-electron chi connectivity index (χ3n) is 3.52. The van der Waals surface area contributed by atoms with Crippen molar-refractivity contribution in [2.45, 2.75) is 52.6 Å². The first-order valence-corrected chi connectivity index (χ1v) is 7.00. The second-order valence-corrected chi connectivity index (χ2v) is 5.34. The summed E-state index contributed by atoms with van der Waals surface area (Å²) in [5.41, 5.74) is 0. The first kappa shape index (κ1) is 13.3. The molecule has 0 amide bonds.